The van der Waals surface area contributed by atoms with Crippen LogP contribution in [0.25, 0.3) is 11.3 Å². The van der Waals surface area contributed by atoms with Gasteiger partial charge in [0.05, 0.1) is 23.7 Å². The number of alkyl halides is 3. The van der Waals surface area contributed by atoms with Crippen LogP contribution in [0.15, 0.2) is 24.4 Å². The largest absolute Gasteiger partial charge is 0.495 e. The van der Waals surface area contributed by atoms with Gasteiger partial charge in [0, 0.05) is 31.3 Å². The van der Waals surface area contributed by atoms with Crippen LogP contribution in [0.5, 0.6) is 5.75 Å². The fraction of sp³-hybridized carbons (Fsp3) is 0.450. The Bertz CT molecular complexity index is 916. The van der Waals surface area contributed by atoms with E-state index in [0.717, 1.165) is 0 Å². The molecule has 1 aromatic carbocycles. The molecule has 1 saturated heterocycles. The zero-order valence-corrected chi connectivity index (χ0v) is 17.0. The zero-order valence-electron chi connectivity index (χ0n) is 16.2. The molecule has 0 atom stereocenters. The predicted molar refractivity (Wildman–Crippen MR) is 106 cm³/mol. The monoisotopic (exact) mass is 443 g/mol. The molecular weight excluding hydrogens is 423 g/mol. The predicted octanol–water partition coefficient (Wildman–Crippen LogP) is 4.60. The van der Waals surface area contributed by atoms with Crippen LogP contribution in [-0.4, -0.2) is 47.4 Å². The maximum Gasteiger partial charge on any atom is 0.389 e. The van der Waals surface area contributed by atoms with E-state index in [9.17, 15) is 23.1 Å². The molecule has 3 rings (SSSR count). The van der Waals surface area contributed by atoms with Crippen molar-refractivity contribution in [3.8, 4) is 17.0 Å². The number of methoxy groups -OCH3 is 1. The standard InChI is InChI=1S/C20H21ClF3N3O3/c1-30-16-10-13(2-3-15(16)21)17-18(27-8-5-12(6-9-27)19(28)29)26-14(11-25-17)4-7-20(22,23)24/h2-3,10-12H,4-9H2,1H3,(H,28,29). The Morgan fingerprint density at radius 1 is 1.33 bits per heavy atom. The second-order valence-corrected chi connectivity index (χ2v) is 7.50. The first-order valence-corrected chi connectivity index (χ1v) is 9.80. The normalized spacial score (nSPS) is 15.3. The topological polar surface area (TPSA) is 75.6 Å². The molecule has 1 aromatic heterocycles. The molecular formula is C20H21ClF3N3O3. The van der Waals surface area contributed by atoms with E-state index in [2.05, 4.69) is 9.97 Å². The first kappa shape index (κ1) is 22.1. The van der Waals surface area contributed by atoms with Crippen molar-refractivity contribution in [1.29, 1.82) is 0 Å². The van der Waals surface area contributed by atoms with Crippen LogP contribution in [0, 0.1) is 5.92 Å². The van der Waals surface area contributed by atoms with Crippen molar-refractivity contribution in [1.82, 2.24) is 9.97 Å². The number of benzene rings is 1. The number of aryl methyl sites for hydroxylation is 1. The lowest BCUT2D eigenvalue weighted by Gasteiger charge is -2.32. The Morgan fingerprint density at radius 3 is 2.63 bits per heavy atom. The molecule has 0 amide bonds. The average molecular weight is 444 g/mol. The van der Waals surface area contributed by atoms with Crippen molar-refractivity contribution in [2.45, 2.75) is 31.9 Å². The van der Waals surface area contributed by atoms with Crippen molar-refractivity contribution in [3.63, 3.8) is 0 Å². The smallest absolute Gasteiger partial charge is 0.389 e. The molecule has 0 radical (unpaired) electrons. The highest BCUT2D eigenvalue weighted by Gasteiger charge is 2.29. The molecule has 1 fully saturated rings. The van der Waals surface area contributed by atoms with Crippen LogP contribution in [-0.2, 0) is 11.2 Å². The summed E-state index contributed by atoms with van der Waals surface area (Å²) in [4.78, 5) is 22.0. The van der Waals surface area contributed by atoms with Crippen LogP contribution >= 0.6 is 11.6 Å². The van der Waals surface area contributed by atoms with Gasteiger partial charge >= 0.3 is 12.1 Å². The van der Waals surface area contributed by atoms with Crippen LogP contribution in [0.1, 0.15) is 25.0 Å². The highest BCUT2D eigenvalue weighted by molar-refractivity contribution is 6.32. The van der Waals surface area contributed by atoms with E-state index in [4.69, 9.17) is 16.3 Å². The molecule has 1 aliphatic heterocycles. The first-order valence-electron chi connectivity index (χ1n) is 9.42. The average Bonchev–Trinajstić information content (AvgIpc) is 2.72. The molecule has 0 bridgehead atoms. The van der Waals surface area contributed by atoms with E-state index in [1.54, 1.807) is 18.2 Å². The summed E-state index contributed by atoms with van der Waals surface area (Å²) >= 11 is 6.09. The molecule has 0 aliphatic carbocycles. The van der Waals surface area contributed by atoms with Gasteiger partial charge in [-0.15, -0.1) is 0 Å². The highest BCUT2D eigenvalue weighted by atomic mass is 35.5. The second kappa shape index (κ2) is 9.07. The molecule has 2 aromatic rings. The number of carboxylic acid groups (broad SMARTS) is 1. The number of hydrogen-bond donors (Lipinski definition) is 1. The van der Waals surface area contributed by atoms with Gasteiger partial charge in [-0.05, 0) is 31.4 Å². The van der Waals surface area contributed by atoms with Crippen LogP contribution < -0.4 is 9.64 Å². The number of piperidine rings is 1. The Balaban J connectivity index is 1.96. The number of nitrogens with zero attached hydrogens (tertiary/aromatic N) is 3. The number of carbonyl (C=O) groups is 1. The number of rotatable bonds is 6. The molecule has 1 aliphatic rings. The summed E-state index contributed by atoms with van der Waals surface area (Å²) in [7, 11) is 1.48. The summed E-state index contributed by atoms with van der Waals surface area (Å²) in [6.45, 7) is 0.845. The summed E-state index contributed by atoms with van der Waals surface area (Å²) in [5.74, 6) is -0.417. The Labute approximate surface area is 176 Å². The molecule has 0 saturated carbocycles. The minimum Gasteiger partial charge on any atom is -0.495 e. The van der Waals surface area contributed by atoms with E-state index in [1.807, 2.05) is 4.90 Å². The number of carboxylic acids is 1. The highest BCUT2D eigenvalue weighted by Crippen LogP contribution is 2.35. The van der Waals surface area contributed by atoms with Crippen LogP contribution in [0.3, 0.4) is 0 Å². The summed E-state index contributed by atoms with van der Waals surface area (Å²) < 4.78 is 43.2. The van der Waals surface area contributed by atoms with E-state index >= 15 is 0 Å². The Morgan fingerprint density at radius 2 is 2.03 bits per heavy atom. The number of aliphatic carboxylic acids is 1. The van der Waals surface area contributed by atoms with Gasteiger partial charge in [-0.2, -0.15) is 13.2 Å². The summed E-state index contributed by atoms with van der Waals surface area (Å²) in [6, 6.07) is 5.07. The second-order valence-electron chi connectivity index (χ2n) is 7.10. The Kier molecular flexibility index (Phi) is 6.70. The van der Waals surface area contributed by atoms with Crippen LogP contribution in [0.4, 0.5) is 19.0 Å². The maximum atomic E-state index is 12.6. The number of ether oxygens (including phenoxy) is 1. The molecule has 162 valence electrons. The number of hydrogen-bond acceptors (Lipinski definition) is 5. The summed E-state index contributed by atoms with van der Waals surface area (Å²) in [5.41, 5.74) is 1.36. The summed E-state index contributed by atoms with van der Waals surface area (Å²) in [6.07, 6.45) is -3.37. The Hall–Kier alpha value is -2.55. The van der Waals surface area contributed by atoms with E-state index < -0.39 is 24.5 Å². The zero-order chi connectivity index (χ0) is 21.9. The molecule has 30 heavy (non-hydrogen) atoms. The van der Waals surface area contributed by atoms with Crippen molar-refractivity contribution >= 4 is 23.4 Å². The third kappa shape index (κ3) is 5.33. The third-order valence-corrected chi connectivity index (χ3v) is 5.35. The fourth-order valence-electron chi connectivity index (χ4n) is 3.37. The van der Waals surface area contributed by atoms with Crippen molar-refractivity contribution < 1.29 is 27.8 Å². The van der Waals surface area contributed by atoms with Gasteiger partial charge in [0.25, 0.3) is 0 Å². The maximum absolute atomic E-state index is 12.6. The molecule has 6 nitrogen and oxygen atoms in total. The van der Waals surface area contributed by atoms with Gasteiger partial charge in [-0.25, -0.2) is 4.98 Å². The number of aromatic nitrogens is 2. The van der Waals surface area contributed by atoms with Gasteiger partial charge in [-0.3, -0.25) is 9.78 Å². The van der Waals surface area contributed by atoms with Gasteiger partial charge in [0.2, 0.25) is 0 Å². The lowest BCUT2D eigenvalue weighted by molar-refractivity contribution is -0.142. The van der Waals surface area contributed by atoms with E-state index in [-0.39, 0.29) is 12.1 Å². The molecule has 0 spiro atoms. The van der Waals surface area contributed by atoms with Gasteiger partial charge in [-0.1, -0.05) is 17.7 Å². The number of anilines is 1. The third-order valence-electron chi connectivity index (χ3n) is 5.04. The van der Waals surface area contributed by atoms with Gasteiger partial charge in [0.15, 0.2) is 5.82 Å². The minimum absolute atomic E-state index is 0.229. The van der Waals surface area contributed by atoms with Crippen molar-refractivity contribution in [3.05, 3.63) is 35.1 Å². The van der Waals surface area contributed by atoms with E-state index in [1.165, 1.54) is 13.3 Å². The molecule has 10 heteroatoms. The summed E-state index contributed by atoms with van der Waals surface area (Å²) in [5, 5.41) is 9.64. The lowest BCUT2D eigenvalue weighted by Crippen LogP contribution is -2.37. The van der Waals surface area contributed by atoms with E-state index in [0.29, 0.717) is 53.8 Å². The fourth-order valence-corrected chi connectivity index (χ4v) is 3.57. The first-order chi connectivity index (χ1) is 14.2. The van der Waals surface area contributed by atoms with Crippen molar-refractivity contribution in [2.75, 3.05) is 25.1 Å². The van der Waals surface area contributed by atoms with Crippen LogP contribution in [0.2, 0.25) is 5.02 Å². The number of halogens is 4. The molecule has 0 unspecified atom stereocenters. The quantitative estimate of drug-likeness (QED) is 0.703. The molecule has 1 N–H and O–H groups in total. The lowest BCUT2D eigenvalue weighted by atomic mass is 9.97. The minimum atomic E-state index is -4.29. The molecule has 2 heterocycles. The SMILES string of the molecule is COc1cc(-c2ncc(CCC(F)(F)F)nc2N2CCC(C(=O)O)CC2)ccc1Cl. The van der Waals surface area contributed by atoms with Crippen molar-refractivity contribution in [2.24, 2.45) is 5.92 Å². The van der Waals surface area contributed by atoms with Gasteiger partial charge < -0.3 is 14.7 Å². The van der Waals surface area contributed by atoms with Gasteiger partial charge in [0.1, 0.15) is 11.4 Å².